The molecule has 0 bridgehead atoms. The Hall–Kier alpha value is -2.06. The second-order valence-corrected chi connectivity index (χ2v) is 7.06. The topological polar surface area (TPSA) is 78.1 Å². The Labute approximate surface area is 144 Å². The van der Waals surface area contributed by atoms with E-state index >= 15 is 0 Å². The second kappa shape index (κ2) is 7.47. The average molecular weight is 394 g/mol. The lowest BCUT2D eigenvalue weighted by Gasteiger charge is -2.01. The first-order valence-electron chi connectivity index (χ1n) is 6.88. The molecule has 0 fully saturated rings. The fourth-order valence-corrected chi connectivity index (χ4v) is 3.13. The summed E-state index contributed by atoms with van der Waals surface area (Å²) in [5.41, 5.74) is 0.803. The number of hydrogen-bond donors (Lipinski definition) is 0. The zero-order valence-electron chi connectivity index (χ0n) is 11.9. The van der Waals surface area contributed by atoms with Gasteiger partial charge in [-0.3, -0.25) is 4.98 Å². The van der Waals surface area contributed by atoms with Gasteiger partial charge in [0.25, 0.3) is 0 Å². The van der Waals surface area contributed by atoms with E-state index in [0.29, 0.717) is 36.0 Å². The zero-order valence-corrected chi connectivity index (χ0v) is 14.3. The van der Waals surface area contributed by atoms with Crippen molar-refractivity contribution in [3.8, 4) is 11.4 Å². The number of aryl methyl sites for hydroxylation is 1. The van der Waals surface area contributed by atoms with Gasteiger partial charge in [-0.15, -0.1) is 11.3 Å². The average Bonchev–Trinajstić information content (AvgIpc) is 3.21. The fourth-order valence-electron chi connectivity index (χ4n) is 1.85. The molecule has 0 aliphatic rings. The van der Waals surface area contributed by atoms with E-state index in [9.17, 15) is 4.79 Å². The van der Waals surface area contributed by atoms with E-state index in [2.05, 4.69) is 31.1 Å². The summed E-state index contributed by atoms with van der Waals surface area (Å²) in [6, 6.07) is 7.23. The lowest BCUT2D eigenvalue weighted by molar-refractivity contribution is 0.0504. The molecule has 0 radical (unpaired) electrons. The number of ether oxygens (including phenoxy) is 1. The van der Waals surface area contributed by atoms with Crippen LogP contribution in [0.1, 0.15) is 22.0 Å². The van der Waals surface area contributed by atoms with Crippen molar-refractivity contribution in [2.24, 2.45) is 0 Å². The van der Waals surface area contributed by atoms with E-state index in [0.717, 1.165) is 9.35 Å². The van der Waals surface area contributed by atoms with Crippen LogP contribution in [0.2, 0.25) is 0 Å². The number of thiophene rings is 1. The Morgan fingerprint density at radius 1 is 1.35 bits per heavy atom. The summed E-state index contributed by atoms with van der Waals surface area (Å²) in [5, 5.41) is 3.91. The van der Waals surface area contributed by atoms with Crippen molar-refractivity contribution in [2.75, 3.05) is 6.61 Å². The van der Waals surface area contributed by atoms with E-state index in [1.165, 1.54) is 11.3 Å². The molecule has 3 aromatic heterocycles. The number of halogens is 1. The molecule has 3 rings (SSSR count). The largest absolute Gasteiger partial charge is 0.461 e. The summed E-state index contributed by atoms with van der Waals surface area (Å²) in [4.78, 5) is 20.7. The third-order valence-corrected chi connectivity index (χ3v) is 4.53. The number of pyridine rings is 1. The first-order chi connectivity index (χ1) is 11.2. The molecule has 3 heterocycles. The lowest BCUT2D eigenvalue weighted by atomic mass is 10.3. The van der Waals surface area contributed by atoms with Gasteiger partial charge in [0.1, 0.15) is 4.88 Å². The van der Waals surface area contributed by atoms with Crippen LogP contribution in [0.3, 0.4) is 0 Å². The predicted molar refractivity (Wildman–Crippen MR) is 88.2 cm³/mol. The third-order valence-electron chi connectivity index (χ3n) is 2.93. The highest BCUT2D eigenvalue weighted by Crippen LogP contribution is 2.22. The van der Waals surface area contributed by atoms with Crippen molar-refractivity contribution in [2.45, 2.75) is 12.8 Å². The quantitative estimate of drug-likeness (QED) is 0.468. The standard InChI is InChI=1S/C15H12BrN3O3S/c16-12-6-5-11(23-12)15(20)21-8-2-4-13-18-14(19-22-13)10-3-1-7-17-9-10/h1,3,5-7,9H,2,4,8H2. The highest BCUT2D eigenvalue weighted by atomic mass is 79.9. The van der Waals surface area contributed by atoms with Gasteiger partial charge in [-0.05, 0) is 46.6 Å². The van der Waals surface area contributed by atoms with Gasteiger partial charge in [-0.2, -0.15) is 4.98 Å². The van der Waals surface area contributed by atoms with Crippen LogP contribution in [-0.4, -0.2) is 27.7 Å². The molecule has 3 aromatic rings. The Kier molecular flexibility index (Phi) is 5.14. The van der Waals surface area contributed by atoms with Gasteiger partial charge < -0.3 is 9.26 Å². The van der Waals surface area contributed by atoms with Gasteiger partial charge in [0, 0.05) is 24.4 Å². The molecule has 0 saturated carbocycles. The van der Waals surface area contributed by atoms with Gasteiger partial charge in [0.2, 0.25) is 11.7 Å². The SMILES string of the molecule is O=C(OCCCc1nc(-c2cccnc2)no1)c1ccc(Br)s1. The normalized spacial score (nSPS) is 10.7. The summed E-state index contributed by atoms with van der Waals surface area (Å²) < 4.78 is 11.3. The van der Waals surface area contributed by atoms with Crippen LogP contribution < -0.4 is 0 Å². The fraction of sp³-hybridized carbons (Fsp3) is 0.200. The molecule has 0 aliphatic heterocycles. The van der Waals surface area contributed by atoms with Crippen LogP contribution in [0.4, 0.5) is 0 Å². The summed E-state index contributed by atoms with van der Waals surface area (Å²) in [7, 11) is 0. The molecule has 6 nitrogen and oxygen atoms in total. The van der Waals surface area contributed by atoms with Crippen molar-refractivity contribution < 1.29 is 14.1 Å². The highest BCUT2D eigenvalue weighted by molar-refractivity contribution is 9.11. The molecule has 0 unspecified atom stereocenters. The zero-order chi connectivity index (χ0) is 16.1. The molecule has 0 aromatic carbocycles. The summed E-state index contributed by atoms with van der Waals surface area (Å²) in [6.07, 6.45) is 4.53. The van der Waals surface area contributed by atoms with Gasteiger partial charge in [0.15, 0.2) is 0 Å². The van der Waals surface area contributed by atoms with Crippen molar-refractivity contribution in [3.05, 3.63) is 51.2 Å². The Balaban J connectivity index is 1.46. The van der Waals surface area contributed by atoms with Gasteiger partial charge in [-0.25, -0.2) is 4.79 Å². The van der Waals surface area contributed by atoms with E-state index in [4.69, 9.17) is 9.26 Å². The second-order valence-electron chi connectivity index (χ2n) is 4.60. The highest BCUT2D eigenvalue weighted by Gasteiger charge is 2.11. The molecule has 118 valence electrons. The van der Waals surface area contributed by atoms with Crippen molar-refractivity contribution in [3.63, 3.8) is 0 Å². The van der Waals surface area contributed by atoms with Crippen molar-refractivity contribution >= 4 is 33.2 Å². The van der Waals surface area contributed by atoms with E-state index in [-0.39, 0.29) is 5.97 Å². The number of esters is 1. The van der Waals surface area contributed by atoms with Crippen LogP contribution in [0, 0.1) is 0 Å². The molecule has 8 heteroatoms. The lowest BCUT2D eigenvalue weighted by Crippen LogP contribution is -2.05. The molecule has 0 N–H and O–H groups in total. The molecular weight excluding hydrogens is 382 g/mol. The maximum atomic E-state index is 11.8. The van der Waals surface area contributed by atoms with Crippen LogP contribution >= 0.6 is 27.3 Å². The van der Waals surface area contributed by atoms with Gasteiger partial charge in [-0.1, -0.05) is 5.16 Å². The van der Waals surface area contributed by atoms with Crippen molar-refractivity contribution in [1.29, 1.82) is 0 Å². The Morgan fingerprint density at radius 2 is 2.26 bits per heavy atom. The van der Waals surface area contributed by atoms with Gasteiger partial charge >= 0.3 is 5.97 Å². The van der Waals surface area contributed by atoms with E-state index in [1.807, 2.05) is 18.2 Å². The molecule has 0 spiro atoms. The Bertz CT molecular complexity index is 788. The first-order valence-corrected chi connectivity index (χ1v) is 8.49. The summed E-state index contributed by atoms with van der Waals surface area (Å²) >= 11 is 4.66. The van der Waals surface area contributed by atoms with Crippen LogP contribution in [-0.2, 0) is 11.2 Å². The molecular formula is C15H12BrN3O3S. The number of rotatable bonds is 6. The van der Waals surface area contributed by atoms with E-state index < -0.39 is 0 Å². The molecule has 0 aliphatic carbocycles. The predicted octanol–water partition coefficient (Wildman–Crippen LogP) is 3.75. The van der Waals surface area contributed by atoms with Crippen LogP contribution in [0.15, 0.2) is 45.0 Å². The number of aromatic nitrogens is 3. The minimum Gasteiger partial charge on any atom is -0.461 e. The Morgan fingerprint density at radius 3 is 3.00 bits per heavy atom. The molecule has 0 atom stereocenters. The number of carbonyl (C=O) groups excluding carboxylic acids is 1. The van der Waals surface area contributed by atoms with Crippen molar-refractivity contribution in [1.82, 2.24) is 15.1 Å². The minimum atomic E-state index is -0.317. The van der Waals surface area contributed by atoms with Crippen LogP contribution in [0.5, 0.6) is 0 Å². The number of nitrogens with zero attached hydrogens (tertiary/aromatic N) is 3. The summed E-state index contributed by atoms with van der Waals surface area (Å²) in [5.74, 6) is 0.703. The smallest absolute Gasteiger partial charge is 0.348 e. The maximum absolute atomic E-state index is 11.8. The maximum Gasteiger partial charge on any atom is 0.348 e. The molecule has 23 heavy (non-hydrogen) atoms. The molecule has 0 saturated heterocycles. The van der Waals surface area contributed by atoms with Crippen LogP contribution in [0.25, 0.3) is 11.4 Å². The minimum absolute atomic E-state index is 0.305. The van der Waals surface area contributed by atoms with E-state index in [1.54, 1.807) is 18.5 Å². The van der Waals surface area contributed by atoms with Gasteiger partial charge in [0.05, 0.1) is 10.4 Å². The first kappa shape index (κ1) is 15.8. The molecule has 0 amide bonds. The number of hydrogen-bond acceptors (Lipinski definition) is 7. The monoisotopic (exact) mass is 393 g/mol. The third kappa shape index (κ3) is 4.23. The summed E-state index contributed by atoms with van der Waals surface area (Å²) in [6.45, 7) is 0.305. The number of carbonyl (C=O) groups is 1.